The van der Waals surface area contributed by atoms with Gasteiger partial charge < -0.3 is 19.5 Å². The third-order valence-corrected chi connectivity index (χ3v) is 9.02. The highest BCUT2D eigenvalue weighted by atomic mass is 32.2. The molecule has 1 aromatic heterocycles. The summed E-state index contributed by atoms with van der Waals surface area (Å²) in [5.74, 6) is 1.97. The number of nitrogens with zero attached hydrogens (tertiary/aromatic N) is 5. The van der Waals surface area contributed by atoms with Crippen molar-refractivity contribution in [2.75, 3.05) is 27.1 Å². The fourth-order valence-electron chi connectivity index (χ4n) is 5.70. The molecule has 1 atom stereocenters. The lowest BCUT2D eigenvalue weighted by atomic mass is 9.97. The van der Waals surface area contributed by atoms with E-state index in [4.69, 9.17) is 19.3 Å². The first kappa shape index (κ1) is 33.3. The number of hydrogen-bond acceptors (Lipinski definition) is 9. The van der Waals surface area contributed by atoms with Crippen molar-refractivity contribution in [2.24, 2.45) is 5.10 Å². The Morgan fingerprint density at radius 2 is 1.65 bits per heavy atom. The summed E-state index contributed by atoms with van der Waals surface area (Å²) < 4.78 is 18.5. The zero-order valence-electron chi connectivity index (χ0n) is 27.6. The normalized spacial score (nSPS) is 13.9. The van der Waals surface area contributed by atoms with Crippen LogP contribution < -0.4 is 19.5 Å². The molecule has 49 heavy (non-hydrogen) atoms. The van der Waals surface area contributed by atoms with E-state index in [1.807, 2.05) is 102 Å². The topological polar surface area (TPSA) is 120 Å². The summed E-state index contributed by atoms with van der Waals surface area (Å²) in [5, 5.41) is 18.7. The molecule has 0 radical (unpaired) electrons. The molecule has 1 aliphatic heterocycles. The van der Waals surface area contributed by atoms with Crippen LogP contribution in [0, 0.1) is 6.92 Å². The summed E-state index contributed by atoms with van der Waals surface area (Å²) in [4.78, 5) is 27.0. The number of aromatic nitrogens is 3. The Morgan fingerprint density at radius 3 is 2.37 bits per heavy atom. The minimum Gasteiger partial charge on any atom is -0.497 e. The van der Waals surface area contributed by atoms with Crippen LogP contribution in [0.25, 0.3) is 5.69 Å². The van der Waals surface area contributed by atoms with E-state index in [0.29, 0.717) is 34.5 Å². The van der Waals surface area contributed by atoms with Crippen molar-refractivity contribution >= 4 is 29.3 Å². The molecule has 6 rings (SSSR count). The van der Waals surface area contributed by atoms with Crippen LogP contribution in [-0.2, 0) is 11.3 Å². The van der Waals surface area contributed by atoms with Crippen LogP contribution in [0.1, 0.15) is 45.3 Å². The molecule has 2 amide bonds. The number of thioether (sulfide) groups is 1. The summed E-state index contributed by atoms with van der Waals surface area (Å²) in [7, 11) is 4.79. The zero-order valence-corrected chi connectivity index (χ0v) is 28.4. The number of hydrazone groups is 1. The molecule has 1 aliphatic rings. The number of hydrogen-bond donors (Lipinski definition) is 1. The highest BCUT2D eigenvalue weighted by molar-refractivity contribution is 7.99. The highest BCUT2D eigenvalue weighted by Gasteiger charge is 2.36. The van der Waals surface area contributed by atoms with E-state index in [1.165, 1.54) is 16.8 Å². The molecule has 0 fully saturated rings. The Labute approximate surface area is 288 Å². The zero-order chi connectivity index (χ0) is 34.3. The maximum absolute atomic E-state index is 14.1. The number of methoxy groups -OCH3 is 3. The van der Waals surface area contributed by atoms with Crippen molar-refractivity contribution in [1.82, 2.24) is 25.1 Å². The van der Waals surface area contributed by atoms with Crippen molar-refractivity contribution in [3.63, 3.8) is 0 Å². The van der Waals surface area contributed by atoms with Gasteiger partial charge >= 0.3 is 0 Å². The molecule has 0 aliphatic carbocycles. The Hall–Kier alpha value is -5.62. The number of benzene rings is 4. The van der Waals surface area contributed by atoms with Gasteiger partial charge in [-0.3, -0.25) is 14.2 Å². The number of ether oxygens (including phenoxy) is 3. The largest absolute Gasteiger partial charge is 0.497 e. The molecular weight excluding hydrogens is 641 g/mol. The maximum atomic E-state index is 14.1. The van der Waals surface area contributed by atoms with E-state index in [2.05, 4.69) is 15.5 Å². The van der Waals surface area contributed by atoms with Gasteiger partial charge in [0, 0.05) is 23.2 Å². The van der Waals surface area contributed by atoms with Gasteiger partial charge in [0.05, 0.1) is 45.4 Å². The molecule has 0 saturated carbocycles. The van der Waals surface area contributed by atoms with E-state index in [0.717, 1.165) is 33.8 Å². The minimum absolute atomic E-state index is 0.0306. The smallest absolute Gasteiger partial charge is 0.253 e. The predicted molar refractivity (Wildman–Crippen MR) is 188 cm³/mol. The average Bonchev–Trinajstić information content (AvgIpc) is 3.78. The third-order valence-electron chi connectivity index (χ3n) is 8.11. The monoisotopic (exact) mass is 676 g/mol. The first-order valence-corrected chi connectivity index (χ1v) is 16.6. The van der Waals surface area contributed by atoms with Gasteiger partial charge in [0.25, 0.3) is 11.8 Å². The summed E-state index contributed by atoms with van der Waals surface area (Å²) in [6.45, 7) is 2.08. The number of amides is 2. The number of carbonyl (C=O) groups excluding carboxylic acids is 2. The molecule has 0 spiro atoms. The molecule has 0 bridgehead atoms. The quantitative estimate of drug-likeness (QED) is 0.160. The second kappa shape index (κ2) is 15.1. The van der Waals surface area contributed by atoms with Crippen LogP contribution in [-0.4, -0.2) is 64.4 Å². The van der Waals surface area contributed by atoms with Crippen molar-refractivity contribution in [3.05, 3.63) is 125 Å². The van der Waals surface area contributed by atoms with Gasteiger partial charge in [-0.1, -0.05) is 59.8 Å². The second-order valence-corrected chi connectivity index (χ2v) is 12.2. The number of nitrogens with one attached hydrogen (secondary N) is 1. The summed E-state index contributed by atoms with van der Waals surface area (Å²) in [5.41, 5.74) is 4.79. The minimum atomic E-state index is -0.436. The van der Waals surface area contributed by atoms with Crippen LogP contribution in [0.2, 0.25) is 0 Å². The first-order chi connectivity index (χ1) is 23.9. The van der Waals surface area contributed by atoms with Crippen molar-refractivity contribution in [1.29, 1.82) is 0 Å². The Kier molecular flexibility index (Phi) is 10.2. The van der Waals surface area contributed by atoms with Crippen LogP contribution >= 0.6 is 11.8 Å². The van der Waals surface area contributed by atoms with Gasteiger partial charge in [-0.05, 0) is 67.1 Å². The standard InChI is InChI=1S/C37H36N6O5S/c1-24-10-8-11-26(20-24)36(45)38-22-33-39-40-37(42(33)27-12-6-5-7-13-27)49-23-34(44)43-31(29-14-9-15-32(47-3)35(29)48-4)21-30(41-43)25-16-18-28(46-2)19-17-25/h5-20,31H,21-23H2,1-4H3,(H,38,45)/t31-/m1/s1. The molecule has 0 unspecified atom stereocenters. The van der Waals surface area contributed by atoms with Gasteiger partial charge in [-0.15, -0.1) is 10.2 Å². The van der Waals surface area contributed by atoms with Crippen molar-refractivity contribution in [2.45, 2.75) is 31.1 Å². The first-order valence-electron chi connectivity index (χ1n) is 15.6. The Bertz CT molecular complexity index is 1980. The fourth-order valence-corrected chi connectivity index (χ4v) is 6.52. The molecule has 250 valence electrons. The number of para-hydroxylation sites is 2. The average molecular weight is 677 g/mol. The van der Waals surface area contributed by atoms with Crippen molar-refractivity contribution in [3.8, 4) is 22.9 Å². The highest BCUT2D eigenvalue weighted by Crippen LogP contribution is 2.42. The summed E-state index contributed by atoms with van der Waals surface area (Å²) in [6, 6.07) is 29.8. The molecule has 1 N–H and O–H groups in total. The number of rotatable bonds is 12. The number of aryl methyl sites for hydroxylation is 1. The molecule has 12 heteroatoms. The van der Waals surface area contributed by atoms with Crippen LogP contribution in [0.5, 0.6) is 17.2 Å². The molecule has 0 saturated heterocycles. The van der Waals surface area contributed by atoms with E-state index in [9.17, 15) is 9.59 Å². The molecule has 5 aromatic rings. The van der Waals surface area contributed by atoms with Crippen LogP contribution in [0.15, 0.2) is 107 Å². The van der Waals surface area contributed by atoms with Crippen molar-refractivity contribution < 1.29 is 23.8 Å². The lowest BCUT2D eigenvalue weighted by Gasteiger charge is -2.24. The van der Waals surface area contributed by atoms with Gasteiger partial charge in [0.1, 0.15) is 5.75 Å². The van der Waals surface area contributed by atoms with E-state index in [-0.39, 0.29) is 24.1 Å². The van der Waals surface area contributed by atoms with Gasteiger partial charge in [0.15, 0.2) is 22.5 Å². The summed E-state index contributed by atoms with van der Waals surface area (Å²) in [6.07, 6.45) is 0.469. The second-order valence-electron chi connectivity index (χ2n) is 11.2. The van der Waals surface area contributed by atoms with E-state index in [1.54, 1.807) is 27.4 Å². The Balaban J connectivity index is 1.27. The fraction of sp³-hybridized carbons (Fsp3) is 0.216. The molecular formula is C37H36N6O5S. The molecule has 2 heterocycles. The Morgan fingerprint density at radius 1 is 0.878 bits per heavy atom. The lowest BCUT2D eigenvalue weighted by molar-refractivity contribution is -0.130. The molecule has 11 nitrogen and oxygen atoms in total. The van der Waals surface area contributed by atoms with Gasteiger partial charge in [0.2, 0.25) is 0 Å². The van der Waals surface area contributed by atoms with E-state index < -0.39 is 6.04 Å². The van der Waals surface area contributed by atoms with E-state index >= 15 is 0 Å². The SMILES string of the molecule is COc1ccc(C2=NN(C(=O)CSc3nnc(CNC(=O)c4cccc(C)c4)n3-c3ccccc3)[C@@H](c3cccc(OC)c3OC)C2)cc1. The van der Waals surface area contributed by atoms with Crippen LogP contribution in [0.4, 0.5) is 0 Å². The molecule has 4 aromatic carbocycles. The van der Waals surface area contributed by atoms with Gasteiger partial charge in [-0.25, -0.2) is 5.01 Å². The predicted octanol–water partition coefficient (Wildman–Crippen LogP) is 6.00. The lowest BCUT2D eigenvalue weighted by Crippen LogP contribution is -2.29. The maximum Gasteiger partial charge on any atom is 0.253 e. The number of carbonyl (C=O) groups is 2. The summed E-state index contributed by atoms with van der Waals surface area (Å²) >= 11 is 1.25. The van der Waals surface area contributed by atoms with Gasteiger partial charge in [-0.2, -0.15) is 5.10 Å². The van der Waals surface area contributed by atoms with Crippen LogP contribution in [0.3, 0.4) is 0 Å². The third kappa shape index (κ3) is 7.29.